The Bertz CT molecular complexity index is 704. The molecule has 2 unspecified atom stereocenters. The lowest BCUT2D eigenvalue weighted by atomic mass is 9.88. The second-order valence-corrected chi connectivity index (χ2v) is 5.87. The zero-order valence-electron chi connectivity index (χ0n) is 13.4. The first-order chi connectivity index (χ1) is 11.2. The molecule has 23 heavy (non-hydrogen) atoms. The van der Waals surface area contributed by atoms with E-state index in [1.54, 1.807) is 7.05 Å². The molecule has 2 N–H and O–H groups in total. The highest BCUT2D eigenvalue weighted by molar-refractivity contribution is 5.87. The molecule has 3 rings (SSSR count). The molecule has 0 radical (unpaired) electrons. The van der Waals surface area contributed by atoms with Gasteiger partial charge in [0.1, 0.15) is 0 Å². The number of hydrazone groups is 1. The molecule has 4 heteroatoms. The van der Waals surface area contributed by atoms with Crippen LogP contribution < -0.4 is 10.7 Å². The lowest BCUT2D eigenvalue weighted by molar-refractivity contribution is -0.121. The van der Waals surface area contributed by atoms with Gasteiger partial charge >= 0.3 is 0 Å². The number of carbonyl (C=O) groups is 1. The fourth-order valence-electron chi connectivity index (χ4n) is 2.88. The van der Waals surface area contributed by atoms with Crippen molar-refractivity contribution in [2.45, 2.75) is 18.8 Å². The fourth-order valence-corrected chi connectivity index (χ4v) is 2.88. The second kappa shape index (κ2) is 6.65. The molecule has 0 spiro atoms. The number of amides is 1. The Morgan fingerprint density at radius 3 is 2.26 bits per heavy atom. The Kier molecular flexibility index (Phi) is 4.42. The molecular weight excluding hydrogens is 286 g/mol. The Balaban J connectivity index is 1.91. The third-order valence-electron chi connectivity index (χ3n) is 4.27. The number of nitrogens with one attached hydrogen (secondary N) is 2. The Labute approximate surface area is 136 Å². The number of likely N-dealkylation sites (N-methyl/N-ethyl adjacent to an activating group) is 1. The quantitative estimate of drug-likeness (QED) is 0.912. The summed E-state index contributed by atoms with van der Waals surface area (Å²) in [5.74, 6) is 0.0256. The molecular formula is C19H21N3O. The maximum absolute atomic E-state index is 12.4. The Morgan fingerprint density at radius 1 is 1.13 bits per heavy atom. The summed E-state index contributed by atoms with van der Waals surface area (Å²) in [6, 6.07) is 16.4. The van der Waals surface area contributed by atoms with Gasteiger partial charge in [0.2, 0.25) is 5.91 Å². The summed E-state index contributed by atoms with van der Waals surface area (Å²) < 4.78 is 0. The molecule has 0 saturated carbocycles. The second-order valence-electron chi connectivity index (χ2n) is 5.87. The third-order valence-corrected chi connectivity index (χ3v) is 4.27. The van der Waals surface area contributed by atoms with Crippen LogP contribution in [0.4, 0.5) is 0 Å². The molecule has 1 aliphatic heterocycles. The number of hydrogen-bond donors (Lipinski definition) is 2. The average Bonchev–Trinajstić information content (AvgIpc) is 3.12. The van der Waals surface area contributed by atoms with Gasteiger partial charge in [0.25, 0.3) is 0 Å². The van der Waals surface area contributed by atoms with Crippen molar-refractivity contribution < 1.29 is 4.79 Å². The lowest BCUT2D eigenvalue weighted by Crippen LogP contribution is -2.26. The molecule has 0 aromatic heterocycles. The number of hydrogen-bond acceptors (Lipinski definition) is 3. The van der Waals surface area contributed by atoms with Crippen LogP contribution in [0.2, 0.25) is 0 Å². The normalized spacial score (nSPS) is 17.6. The Hall–Kier alpha value is -2.62. The van der Waals surface area contributed by atoms with Gasteiger partial charge in [-0.3, -0.25) is 4.79 Å². The van der Waals surface area contributed by atoms with Crippen LogP contribution in [0, 0.1) is 6.92 Å². The largest absolute Gasteiger partial charge is 0.358 e. The number of rotatable bonds is 4. The standard InChI is InChI=1S/C19H21N3O/c1-13-3-5-15(6-4-13)18(19(23)20-2)16-9-7-14(8-10-16)17-11-21-22-12-17/h3-11,17-18,22H,12H2,1-2H3,(H,20,23). The smallest absolute Gasteiger partial charge is 0.231 e. The highest BCUT2D eigenvalue weighted by Crippen LogP contribution is 2.27. The van der Waals surface area contributed by atoms with Crippen molar-refractivity contribution in [1.82, 2.24) is 10.7 Å². The van der Waals surface area contributed by atoms with Crippen LogP contribution in [-0.4, -0.2) is 25.7 Å². The van der Waals surface area contributed by atoms with E-state index in [0.717, 1.165) is 17.7 Å². The van der Waals surface area contributed by atoms with Gasteiger partial charge in [0.15, 0.2) is 0 Å². The van der Waals surface area contributed by atoms with Gasteiger partial charge in [0.05, 0.1) is 5.92 Å². The molecule has 1 aliphatic rings. The van der Waals surface area contributed by atoms with E-state index in [1.807, 2.05) is 49.5 Å². The summed E-state index contributed by atoms with van der Waals surface area (Å²) in [6.45, 7) is 2.88. The van der Waals surface area contributed by atoms with Gasteiger partial charge in [-0.05, 0) is 23.6 Å². The predicted octanol–water partition coefficient (Wildman–Crippen LogP) is 2.55. The van der Waals surface area contributed by atoms with Gasteiger partial charge in [-0.25, -0.2) is 0 Å². The first-order valence-electron chi connectivity index (χ1n) is 7.83. The Morgan fingerprint density at radius 2 is 1.74 bits per heavy atom. The SMILES string of the molecule is CNC(=O)C(c1ccc(C)cc1)c1ccc(C2C=NNC2)cc1. The van der Waals surface area contributed by atoms with Crippen molar-refractivity contribution in [2.75, 3.05) is 13.6 Å². The topological polar surface area (TPSA) is 53.5 Å². The van der Waals surface area contributed by atoms with E-state index < -0.39 is 0 Å². The molecule has 0 fully saturated rings. The van der Waals surface area contributed by atoms with E-state index >= 15 is 0 Å². The highest BCUT2D eigenvalue weighted by atomic mass is 16.1. The van der Waals surface area contributed by atoms with Crippen LogP contribution in [0.3, 0.4) is 0 Å². The van der Waals surface area contributed by atoms with Gasteiger partial charge in [-0.1, -0.05) is 54.1 Å². The number of nitrogens with zero attached hydrogens (tertiary/aromatic N) is 1. The van der Waals surface area contributed by atoms with Crippen LogP contribution in [0.25, 0.3) is 0 Å². The summed E-state index contributed by atoms with van der Waals surface area (Å²) in [5.41, 5.74) is 7.38. The number of carbonyl (C=O) groups excluding carboxylic acids is 1. The minimum atomic E-state index is -0.287. The molecule has 4 nitrogen and oxygen atoms in total. The summed E-state index contributed by atoms with van der Waals surface area (Å²) in [5, 5.41) is 6.83. The van der Waals surface area contributed by atoms with E-state index in [4.69, 9.17) is 0 Å². The monoisotopic (exact) mass is 307 g/mol. The minimum absolute atomic E-state index is 0.00528. The van der Waals surface area contributed by atoms with Crippen LogP contribution in [0.5, 0.6) is 0 Å². The van der Waals surface area contributed by atoms with Gasteiger partial charge in [-0.2, -0.15) is 5.10 Å². The first kappa shape index (κ1) is 15.3. The fraction of sp³-hybridized carbons (Fsp3) is 0.263. The summed E-state index contributed by atoms with van der Waals surface area (Å²) >= 11 is 0. The van der Waals surface area contributed by atoms with Crippen LogP contribution >= 0.6 is 0 Å². The lowest BCUT2D eigenvalue weighted by Gasteiger charge is -2.17. The third kappa shape index (κ3) is 3.26. The molecule has 2 atom stereocenters. The van der Waals surface area contributed by atoms with Crippen LogP contribution in [0.15, 0.2) is 53.6 Å². The maximum Gasteiger partial charge on any atom is 0.231 e. The minimum Gasteiger partial charge on any atom is -0.358 e. The molecule has 1 amide bonds. The van der Waals surface area contributed by atoms with Crippen molar-refractivity contribution in [2.24, 2.45) is 5.10 Å². The van der Waals surface area contributed by atoms with Gasteiger partial charge < -0.3 is 10.7 Å². The zero-order chi connectivity index (χ0) is 16.2. The van der Waals surface area contributed by atoms with Crippen molar-refractivity contribution in [3.05, 3.63) is 70.8 Å². The molecule has 2 aromatic carbocycles. The van der Waals surface area contributed by atoms with Crippen LogP contribution in [-0.2, 0) is 4.79 Å². The van der Waals surface area contributed by atoms with Crippen molar-refractivity contribution in [1.29, 1.82) is 0 Å². The molecule has 118 valence electrons. The molecule has 1 heterocycles. The summed E-state index contributed by atoms with van der Waals surface area (Å²) in [4.78, 5) is 12.4. The summed E-state index contributed by atoms with van der Waals surface area (Å²) in [7, 11) is 1.68. The predicted molar refractivity (Wildman–Crippen MR) is 92.8 cm³/mol. The first-order valence-corrected chi connectivity index (χ1v) is 7.83. The highest BCUT2D eigenvalue weighted by Gasteiger charge is 2.22. The average molecular weight is 307 g/mol. The molecule has 0 aliphatic carbocycles. The van der Waals surface area contributed by atoms with E-state index in [9.17, 15) is 4.79 Å². The van der Waals surface area contributed by atoms with E-state index in [0.29, 0.717) is 5.92 Å². The number of benzene rings is 2. The van der Waals surface area contributed by atoms with Gasteiger partial charge in [0, 0.05) is 25.7 Å². The molecule has 2 aromatic rings. The molecule has 0 saturated heterocycles. The summed E-state index contributed by atoms with van der Waals surface area (Å²) in [6.07, 6.45) is 1.92. The molecule has 0 bridgehead atoms. The van der Waals surface area contributed by atoms with Crippen LogP contribution in [0.1, 0.15) is 34.1 Å². The van der Waals surface area contributed by atoms with E-state index in [-0.39, 0.29) is 11.8 Å². The van der Waals surface area contributed by atoms with E-state index in [2.05, 4.69) is 28.0 Å². The van der Waals surface area contributed by atoms with E-state index in [1.165, 1.54) is 11.1 Å². The van der Waals surface area contributed by atoms with Crippen molar-refractivity contribution in [3.8, 4) is 0 Å². The van der Waals surface area contributed by atoms with Crippen molar-refractivity contribution >= 4 is 12.1 Å². The van der Waals surface area contributed by atoms with Gasteiger partial charge in [-0.15, -0.1) is 0 Å². The number of aryl methyl sites for hydroxylation is 1. The zero-order valence-corrected chi connectivity index (χ0v) is 13.4. The van der Waals surface area contributed by atoms with Crippen molar-refractivity contribution in [3.63, 3.8) is 0 Å². The maximum atomic E-state index is 12.4.